The molecule has 0 aliphatic carbocycles. The minimum Gasteiger partial charge on any atom is -0.298 e. The van der Waals surface area contributed by atoms with Gasteiger partial charge in [-0.15, -0.1) is 0 Å². The van der Waals surface area contributed by atoms with Crippen LogP contribution in [0.15, 0.2) is 40.9 Å². The van der Waals surface area contributed by atoms with Gasteiger partial charge in [0.25, 0.3) is 0 Å². The van der Waals surface area contributed by atoms with Crippen LogP contribution in [0.4, 0.5) is 8.78 Å². The summed E-state index contributed by atoms with van der Waals surface area (Å²) >= 11 is 3.20. The molecule has 0 aliphatic heterocycles. The first-order chi connectivity index (χ1) is 8.11. The lowest BCUT2D eigenvalue weighted by Gasteiger charge is -2.06. The molecule has 0 amide bonds. The van der Waals surface area contributed by atoms with Crippen LogP contribution in [-0.4, -0.2) is 6.29 Å². The van der Waals surface area contributed by atoms with Gasteiger partial charge in [-0.25, -0.2) is 8.78 Å². The third-order valence-electron chi connectivity index (χ3n) is 2.35. The fourth-order valence-corrected chi connectivity index (χ4v) is 1.89. The van der Waals surface area contributed by atoms with Gasteiger partial charge in [0.2, 0.25) is 0 Å². The van der Waals surface area contributed by atoms with Gasteiger partial charge in [0, 0.05) is 21.2 Å². The SMILES string of the molecule is O=Cc1ccc(F)c(-c2cc(Br)ccc2F)c1. The van der Waals surface area contributed by atoms with Crippen molar-refractivity contribution in [3.8, 4) is 11.1 Å². The van der Waals surface area contributed by atoms with Crippen LogP contribution in [0, 0.1) is 11.6 Å². The molecule has 0 radical (unpaired) electrons. The van der Waals surface area contributed by atoms with E-state index >= 15 is 0 Å². The molecule has 4 heteroatoms. The average Bonchev–Trinajstić information content (AvgIpc) is 2.33. The summed E-state index contributed by atoms with van der Waals surface area (Å²) in [4.78, 5) is 10.6. The van der Waals surface area contributed by atoms with E-state index in [0.717, 1.165) is 6.07 Å². The zero-order valence-corrected chi connectivity index (χ0v) is 10.2. The van der Waals surface area contributed by atoms with Crippen molar-refractivity contribution in [1.29, 1.82) is 0 Å². The van der Waals surface area contributed by atoms with Gasteiger partial charge in [-0.3, -0.25) is 4.79 Å². The van der Waals surface area contributed by atoms with Crippen molar-refractivity contribution in [2.24, 2.45) is 0 Å². The van der Waals surface area contributed by atoms with Gasteiger partial charge >= 0.3 is 0 Å². The molecule has 2 rings (SSSR count). The summed E-state index contributed by atoms with van der Waals surface area (Å²) in [6, 6.07) is 8.07. The second-order valence-electron chi connectivity index (χ2n) is 3.48. The smallest absolute Gasteiger partial charge is 0.150 e. The maximum absolute atomic E-state index is 13.6. The van der Waals surface area contributed by atoms with Gasteiger partial charge in [0.15, 0.2) is 0 Å². The topological polar surface area (TPSA) is 17.1 Å². The van der Waals surface area contributed by atoms with Crippen molar-refractivity contribution in [2.45, 2.75) is 0 Å². The van der Waals surface area contributed by atoms with Crippen molar-refractivity contribution in [2.75, 3.05) is 0 Å². The summed E-state index contributed by atoms with van der Waals surface area (Å²) < 4.78 is 27.8. The van der Waals surface area contributed by atoms with E-state index in [1.54, 1.807) is 0 Å². The predicted molar refractivity (Wildman–Crippen MR) is 64.9 cm³/mol. The van der Waals surface area contributed by atoms with E-state index < -0.39 is 11.6 Å². The van der Waals surface area contributed by atoms with Crippen molar-refractivity contribution in [3.63, 3.8) is 0 Å². The highest BCUT2D eigenvalue weighted by Crippen LogP contribution is 2.28. The Hall–Kier alpha value is -1.55. The summed E-state index contributed by atoms with van der Waals surface area (Å²) in [6.45, 7) is 0. The van der Waals surface area contributed by atoms with Crippen LogP contribution in [0.3, 0.4) is 0 Å². The van der Waals surface area contributed by atoms with Gasteiger partial charge in [-0.05, 0) is 36.4 Å². The maximum atomic E-state index is 13.6. The molecule has 2 aromatic rings. The first-order valence-electron chi connectivity index (χ1n) is 4.82. The van der Waals surface area contributed by atoms with E-state index in [9.17, 15) is 13.6 Å². The number of rotatable bonds is 2. The Labute approximate surface area is 105 Å². The normalized spacial score (nSPS) is 10.3. The molecule has 0 fully saturated rings. The summed E-state index contributed by atoms with van der Waals surface area (Å²) in [5.41, 5.74) is 0.509. The van der Waals surface area contributed by atoms with Gasteiger partial charge < -0.3 is 0 Å². The molecule has 0 atom stereocenters. The van der Waals surface area contributed by atoms with Crippen molar-refractivity contribution >= 4 is 22.2 Å². The number of halogens is 3. The minimum atomic E-state index is -0.562. The van der Waals surface area contributed by atoms with E-state index in [0.29, 0.717) is 16.3 Å². The fourth-order valence-electron chi connectivity index (χ4n) is 1.53. The molecule has 0 aromatic heterocycles. The lowest BCUT2D eigenvalue weighted by Crippen LogP contribution is -1.91. The molecule has 0 N–H and O–H groups in total. The first kappa shape index (κ1) is 11.9. The van der Waals surface area contributed by atoms with E-state index in [-0.39, 0.29) is 11.1 Å². The lowest BCUT2D eigenvalue weighted by molar-refractivity contribution is 0.112. The molecule has 1 nitrogen and oxygen atoms in total. The Morgan fingerprint density at radius 1 is 0.941 bits per heavy atom. The predicted octanol–water partition coefficient (Wildman–Crippen LogP) is 4.21. The highest BCUT2D eigenvalue weighted by atomic mass is 79.9. The summed E-state index contributed by atoms with van der Waals surface area (Å²) in [5, 5.41) is 0. The first-order valence-corrected chi connectivity index (χ1v) is 5.61. The number of hydrogen-bond donors (Lipinski definition) is 0. The molecule has 0 unspecified atom stereocenters. The van der Waals surface area contributed by atoms with Crippen LogP contribution in [0.5, 0.6) is 0 Å². The summed E-state index contributed by atoms with van der Waals surface area (Å²) in [5.74, 6) is -1.09. The molecule has 0 saturated carbocycles. The van der Waals surface area contributed by atoms with E-state index in [1.807, 2.05) is 0 Å². The Balaban J connectivity index is 2.66. The van der Waals surface area contributed by atoms with Crippen molar-refractivity contribution in [1.82, 2.24) is 0 Å². The van der Waals surface area contributed by atoms with Crippen LogP contribution >= 0.6 is 15.9 Å². The zero-order chi connectivity index (χ0) is 12.4. The van der Waals surface area contributed by atoms with Crippen LogP contribution < -0.4 is 0 Å². The second kappa shape index (κ2) is 4.75. The number of aldehydes is 1. The zero-order valence-electron chi connectivity index (χ0n) is 8.58. The van der Waals surface area contributed by atoms with Crippen LogP contribution in [-0.2, 0) is 0 Å². The molecule has 0 aliphatic rings. The number of benzene rings is 2. The molecule has 0 spiro atoms. The quantitative estimate of drug-likeness (QED) is 0.759. The Morgan fingerprint density at radius 2 is 1.53 bits per heavy atom. The van der Waals surface area contributed by atoms with Crippen molar-refractivity contribution in [3.05, 3.63) is 58.1 Å². The molecule has 0 heterocycles. The maximum Gasteiger partial charge on any atom is 0.150 e. The molecular weight excluding hydrogens is 290 g/mol. The molecule has 2 aromatic carbocycles. The van der Waals surface area contributed by atoms with E-state index in [2.05, 4.69) is 15.9 Å². The second-order valence-corrected chi connectivity index (χ2v) is 4.40. The third-order valence-corrected chi connectivity index (χ3v) is 2.84. The average molecular weight is 297 g/mol. The summed E-state index contributed by atoms with van der Waals surface area (Å²) in [7, 11) is 0. The largest absolute Gasteiger partial charge is 0.298 e. The van der Waals surface area contributed by atoms with Crippen molar-refractivity contribution < 1.29 is 13.6 Å². The molecular formula is C13H7BrF2O. The Kier molecular flexibility index (Phi) is 3.33. The Morgan fingerprint density at radius 3 is 2.18 bits per heavy atom. The molecule has 17 heavy (non-hydrogen) atoms. The Bertz CT molecular complexity index is 582. The van der Waals surface area contributed by atoms with E-state index in [4.69, 9.17) is 0 Å². The van der Waals surface area contributed by atoms with Crippen LogP contribution in [0.2, 0.25) is 0 Å². The highest BCUT2D eigenvalue weighted by Gasteiger charge is 2.11. The standard InChI is InChI=1S/C13H7BrF2O/c14-9-2-4-13(16)11(6-9)10-5-8(7-17)1-3-12(10)15/h1-7H. The fraction of sp³-hybridized carbons (Fsp3) is 0. The third kappa shape index (κ3) is 2.42. The van der Waals surface area contributed by atoms with E-state index in [1.165, 1.54) is 30.3 Å². The van der Waals surface area contributed by atoms with Gasteiger partial charge in [0.05, 0.1) is 0 Å². The highest BCUT2D eigenvalue weighted by molar-refractivity contribution is 9.10. The van der Waals surface area contributed by atoms with Gasteiger partial charge in [0.1, 0.15) is 17.9 Å². The monoisotopic (exact) mass is 296 g/mol. The number of carbonyl (C=O) groups excluding carboxylic acids is 1. The molecule has 0 bridgehead atoms. The van der Waals surface area contributed by atoms with Crippen LogP contribution in [0.25, 0.3) is 11.1 Å². The van der Waals surface area contributed by atoms with Gasteiger partial charge in [-0.2, -0.15) is 0 Å². The molecule has 0 saturated heterocycles. The van der Waals surface area contributed by atoms with Gasteiger partial charge in [-0.1, -0.05) is 15.9 Å². The lowest BCUT2D eigenvalue weighted by atomic mass is 10.0. The minimum absolute atomic E-state index is 0.0772. The number of carbonyl (C=O) groups is 1. The molecule has 86 valence electrons. The van der Waals surface area contributed by atoms with Crippen LogP contribution in [0.1, 0.15) is 10.4 Å². The number of hydrogen-bond acceptors (Lipinski definition) is 1. The summed E-state index contributed by atoms with van der Waals surface area (Å²) in [6.07, 6.45) is 0.596.